The van der Waals surface area contributed by atoms with Crippen molar-refractivity contribution in [1.29, 1.82) is 0 Å². The summed E-state index contributed by atoms with van der Waals surface area (Å²) in [5.41, 5.74) is 1.68. The number of aliphatic hydroxyl groups is 1. The zero-order chi connectivity index (χ0) is 20.5. The predicted molar refractivity (Wildman–Crippen MR) is 103 cm³/mol. The van der Waals surface area contributed by atoms with E-state index in [4.69, 9.17) is 4.74 Å². The molecule has 0 unspecified atom stereocenters. The minimum absolute atomic E-state index is 0.0153. The van der Waals surface area contributed by atoms with Gasteiger partial charge in [0.2, 0.25) is 0 Å². The Morgan fingerprint density at radius 1 is 1.17 bits per heavy atom. The van der Waals surface area contributed by atoms with Crippen molar-refractivity contribution < 1.29 is 24.4 Å². The summed E-state index contributed by atoms with van der Waals surface area (Å²) in [6, 6.07) is 11.9. The molecule has 0 bridgehead atoms. The number of aryl methyl sites for hydroxylation is 1. The normalized spacial score (nSPS) is 19.1. The van der Waals surface area contributed by atoms with Gasteiger partial charge in [-0.25, -0.2) is 0 Å². The van der Waals surface area contributed by atoms with E-state index < -0.39 is 28.5 Å². The number of hydrogen-bond donors (Lipinski definition) is 1. The summed E-state index contributed by atoms with van der Waals surface area (Å²) in [5.74, 6) is -1.41. The average Bonchev–Trinajstić information content (AvgIpc) is 2.97. The number of hydrogen-bond acceptors (Lipinski definition) is 6. The van der Waals surface area contributed by atoms with Crippen molar-refractivity contribution in [3.05, 3.63) is 74.8 Å². The topological polar surface area (TPSA) is 110 Å². The van der Waals surface area contributed by atoms with E-state index in [0.717, 1.165) is 29.7 Å². The van der Waals surface area contributed by atoms with Crippen molar-refractivity contribution in [3.63, 3.8) is 0 Å². The lowest BCUT2D eigenvalue weighted by atomic mass is 9.89. The highest BCUT2D eigenvalue weighted by molar-refractivity contribution is 6.23. The van der Waals surface area contributed by atoms with Gasteiger partial charge in [-0.05, 0) is 36.5 Å². The molecule has 0 aromatic heterocycles. The second-order valence-corrected chi connectivity index (χ2v) is 7.24. The van der Waals surface area contributed by atoms with Crippen LogP contribution in [0.5, 0.6) is 0 Å². The number of carbonyl (C=O) groups excluding carboxylic acids is 2. The Kier molecular flexibility index (Phi) is 5.12. The Bertz CT molecular complexity index is 989. The lowest BCUT2D eigenvalue weighted by Gasteiger charge is -2.27. The van der Waals surface area contributed by atoms with Crippen molar-refractivity contribution in [2.24, 2.45) is 0 Å². The van der Waals surface area contributed by atoms with Gasteiger partial charge in [0.05, 0.1) is 35.8 Å². The number of nitro benzene ring substituents is 1. The molecule has 2 aromatic rings. The number of ether oxygens (including phenoxy) is 1. The molecule has 8 nitrogen and oxygen atoms in total. The summed E-state index contributed by atoms with van der Waals surface area (Å²) >= 11 is 0. The number of fused-ring (bicyclic) bond motifs is 2. The summed E-state index contributed by atoms with van der Waals surface area (Å²) in [5, 5.41) is 21.6. The first-order valence-electron chi connectivity index (χ1n) is 9.48. The van der Waals surface area contributed by atoms with Crippen LogP contribution < -0.4 is 0 Å². The van der Waals surface area contributed by atoms with Crippen molar-refractivity contribution in [2.75, 3.05) is 13.2 Å². The van der Waals surface area contributed by atoms with Crippen LogP contribution >= 0.6 is 0 Å². The smallest absolute Gasteiger partial charge is 0.282 e. The van der Waals surface area contributed by atoms with Gasteiger partial charge in [-0.2, -0.15) is 0 Å². The highest BCUT2D eigenvalue weighted by Crippen LogP contribution is 2.33. The van der Waals surface area contributed by atoms with Gasteiger partial charge >= 0.3 is 0 Å². The van der Waals surface area contributed by atoms with Gasteiger partial charge in [-0.1, -0.05) is 30.3 Å². The Morgan fingerprint density at radius 3 is 2.76 bits per heavy atom. The monoisotopic (exact) mass is 396 g/mol. The fourth-order valence-electron chi connectivity index (χ4n) is 4.01. The molecule has 1 N–H and O–H groups in total. The Hall–Kier alpha value is -3.10. The van der Waals surface area contributed by atoms with Crippen molar-refractivity contribution in [1.82, 2.24) is 4.90 Å². The van der Waals surface area contributed by atoms with E-state index in [1.54, 1.807) is 0 Å². The van der Waals surface area contributed by atoms with Crippen LogP contribution in [0.1, 0.15) is 50.8 Å². The molecule has 29 heavy (non-hydrogen) atoms. The van der Waals surface area contributed by atoms with E-state index in [0.29, 0.717) is 0 Å². The van der Waals surface area contributed by atoms with Crippen LogP contribution in [-0.2, 0) is 11.2 Å². The molecule has 1 heterocycles. The molecular formula is C21H20N2O6. The lowest BCUT2D eigenvalue weighted by molar-refractivity contribution is -0.385. The summed E-state index contributed by atoms with van der Waals surface area (Å²) in [4.78, 5) is 36.4. The molecular weight excluding hydrogens is 376 g/mol. The fourth-order valence-corrected chi connectivity index (χ4v) is 4.01. The summed E-state index contributed by atoms with van der Waals surface area (Å²) in [6.07, 6.45) is 1.58. The number of rotatable bonds is 6. The van der Waals surface area contributed by atoms with Crippen LogP contribution in [0, 0.1) is 10.1 Å². The number of β-amino-alcohol motifs (C(OH)–C–C–N with tert-alkyl or cyclic N) is 1. The van der Waals surface area contributed by atoms with Crippen LogP contribution in [0.25, 0.3) is 0 Å². The van der Waals surface area contributed by atoms with Gasteiger partial charge in [0.1, 0.15) is 5.56 Å². The number of amides is 2. The first kappa shape index (κ1) is 19.2. The molecule has 1 aliphatic heterocycles. The largest absolute Gasteiger partial charge is 0.389 e. The Labute approximate surface area is 166 Å². The summed E-state index contributed by atoms with van der Waals surface area (Å²) in [7, 11) is 0. The fraction of sp³-hybridized carbons (Fsp3) is 0.333. The average molecular weight is 396 g/mol. The molecule has 2 atom stereocenters. The molecule has 0 saturated carbocycles. The summed E-state index contributed by atoms with van der Waals surface area (Å²) in [6.45, 7) is -0.327. The number of nitro groups is 1. The first-order valence-corrected chi connectivity index (χ1v) is 9.48. The van der Waals surface area contributed by atoms with Gasteiger partial charge in [0.25, 0.3) is 17.5 Å². The standard InChI is InChI=1S/C21H20N2O6/c24-14(12-29-18-10-3-6-13-5-1-2-7-15(13)18)11-22-20(25)16-8-4-9-17(23(27)28)19(16)21(22)26/h1-2,4-5,7-9,14,18,24H,3,6,10-12H2/t14-,18+/m0/s1. The van der Waals surface area contributed by atoms with Crippen LogP contribution in [0.15, 0.2) is 42.5 Å². The minimum Gasteiger partial charge on any atom is -0.389 e. The molecule has 0 fully saturated rings. The maximum atomic E-state index is 12.6. The lowest BCUT2D eigenvalue weighted by Crippen LogP contribution is -2.39. The molecule has 1 aliphatic carbocycles. The SMILES string of the molecule is O=C1c2cccc([N+](=O)[O-])c2C(=O)N1C[C@H](O)CO[C@@H]1CCCc2ccccc21. The summed E-state index contributed by atoms with van der Waals surface area (Å²) < 4.78 is 5.88. The van der Waals surface area contributed by atoms with E-state index in [1.807, 2.05) is 18.2 Å². The molecule has 2 aliphatic rings. The number of aliphatic hydroxyl groups excluding tert-OH is 1. The van der Waals surface area contributed by atoms with Crippen molar-refractivity contribution in [2.45, 2.75) is 31.5 Å². The van der Waals surface area contributed by atoms with E-state index in [1.165, 1.54) is 23.8 Å². The maximum absolute atomic E-state index is 12.6. The Balaban J connectivity index is 1.43. The second kappa shape index (κ2) is 7.73. The van der Waals surface area contributed by atoms with Crippen LogP contribution in [0.2, 0.25) is 0 Å². The molecule has 4 rings (SSSR count). The van der Waals surface area contributed by atoms with Crippen LogP contribution in [0.4, 0.5) is 5.69 Å². The predicted octanol–water partition coefficient (Wildman–Crippen LogP) is 2.65. The third kappa shape index (κ3) is 3.52. The van der Waals surface area contributed by atoms with Gasteiger partial charge < -0.3 is 9.84 Å². The van der Waals surface area contributed by atoms with E-state index in [2.05, 4.69) is 6.07 Å². The molecule has 2 aromatic carbocycles. The third-order valence-corrected chi connectivity index (χ3v) is 5.37. The second-order valence-electron chi connectivity index (χ2n) is 7.24. The number of carbonyl (C=O) groups is 2. The van der Waals surface area contributed by atoms with Crippen molar-refractivity contribution in [3.8, 4) is 0 Å². The molecule has 8 heteroatoms. The van der Waals surface area contributed by atoms with Gasteiger partial charge in [-0.15, -0.1) is 0 Å². The maximum Gasteiger partial charge on any atom is 0.282 e. The minimum atomic E-state index is -1.09. The molecule has 0 spiro atoms. The van der Waals surface area contributed by atoms with E-state index >= 15 is 0 Å². The third-order valence-electron chi connectivity index (χ3n) is 5.37. The van der Waals surface area contributed by atoms with Gasteiger partial charge in [0.15, 0.2) is 0 Å². The first-order chi connectivity index (χ1) is 14.0. The zero-order valence-electron chi connectivity index (χ0n) is 15.6. The van der Waals surface area contributed by atoms with Crippen molar-refractivity contribution >= 4 is 17.5 Å². The molecule has 0 saturated heterocycles. The van der Waals surface area contributed by atoms with E-state index in [9.17, 15) is 24.8 Å². The number of imide groups is 1. The molecule has 150 valence electrons. The quantitative estimate of drug-likeness (QED) is 0.457. The highest BCUT2D eigenvalue weighted by atomic mass is 16.6. The van der Waals surface area contributed by atoms with Crippen LogP contribution in [-0.4, -0.2) is 46.0 Å². The van der Waals surface area contributed by atoms with Gasteiger partial charge in [0, 0.05) is 6.07 Å². The van der Waals surface area contributed by atoms with E-state index in [-0.39, 0.29) is 30.4 Å². The van der Waals surface area contributed by atoms with Crippen LogP contribution in [0.3, 0.4) is 0 Å². The number of benzene rings is 2. The number of nitrogens with zero attached hydrogens (tertiary/aromatic N) is 2. The Morgan fingerprint density at radius 2 is 1.97 bits per heavy atom. The van der Waals surface area contributed by atoms with Gasteiger partial charge in [-0.3, -0.25) is 24.6 Å². The molecule has 0 radical (unpaired) electrons. The molecule has 2 amide bonds. The highest BCUT2D eigenvalue weighted by Gasteiger charge is 2.41. The zero-order valence-corrected chi connectivity index (χ0v) is 15.6.